The molecule has 0 aromatic heterocycles. The van der Waals surface area contributed by atoms with Crippen molar-refractivity contribution in [1.29, 1.82) is 0 Å². The highest BCUT2D eigenvalue weighted by atomic mass is 35.5. The van der Waals surface area contributed by atoms with Crippen LogP contribution in [0.15, 0.2) is 47.4 Å². The number of halogens is 4. The summed E-state index contributed by atoms with van der Waals surface area (Å²) in [5.41, 5.74) is 8.05. The second-order valence-corrected chi connectivity index (χ2v) is 7.81. The van der Waals surface area contributed by atoms with Gasteiger partial charge in [-0.05, 0) is 48.4 Å². The van der Waals surface area contributed by atoms with E-state index >= 15 is 0 Å². The van der Waals surface area contributed by atoms with E-state index in [1.54, 1.807) is 25.1 Å². The molecule has 2 rings (SSSR count). The summed E-state index contributed by atoms with van der Waals surface area (Å²) in [6.45, 7) is 1.78. The monoisotopic (exact) mass is 422 g/mol. The number of benzene rings is 2. The third-order valence-corrected chi connectivity index (χ3v) is 5.22. The van der Waals surface area contributed by atoms with E-state index in [2.05, 4.69) is 5.32 Å². The molecule has 0 fully saturated rings. The molecule has 2 aromatic carbocycles. The normalized spacial score (nSPS) is 11.6. The summed E-state index contributed by atoms with van der Waals surface area (Å²) < 4.78 is 60.3. The van der Waals surface area contributed by atoms with Crippen molar-refractivity contribution in [2.75, 3.05) is 16.8 Å². The molecule has 0 aliphatic rings. The Balaban J connectivity index is 0.00000364. The lowest BCUT2D eigenvalue weighted by atomic mass is 10.1. The second kappa shape index (κ2) is 8.62. The van der Waals surface area contributed by atoms with Crippen LogP contribution in [0.4, 0.5) is 24.5 Å². The third-order valence-electron chi connectivity index (χ3n) is 3.53. The molecule has 0 spiro atoms. The standard InChI is InChI=1S/C17H17F3N2O3S.ClH/c1-11-8-13(21)4-7-15(11)22-16(23)9-12-2-5-14(6-3-12)26(24,25)10-17(18,19)20;/h2-8H,9-10,21H2,1H3,(H,22,23);1H. The zero-order chi connectivity index (χ0) is 19.5. The molecule has 10 heteroatoms. The maximum absolute atomic E-state index is 12.3. The average Bonchev–Trinajstić information content (AvgIpc) is 2.48. The highest BCUT2D eigenvalue weighted by Gasteiger charge is 2.35. The van der Waals surface area contributed by atoms with E-state index in [9.17, 15) is 26.4 Å². The fourth-order valence-electron chi connectivity index (χ4n) is 2.32. The van der Waals surface area contributed by atoms with E-state index in [-0.39, 0.29) is 24.7 Å². The molecular weight excluding hydrogens is 405 g/mol. The van der Waals surface area contributed by atoms with E-state index in [4.69, 9.17) is 5.73 Å². The molecule has 1 amide bonds. The molecule has 0 aliphatic carbocycles. The van der Waals surface area contributed by atoms with E-state index < -0.39 is 26.7 Å². The van der Waals surface area contributed by atoms with Gasteiger partial charge in [0.2, 0.25) is 5.91 Å². The number of carbonyl (C=O) groups is 1. The molecule has 2 aromatic rings. The minimum atomic E-state index is -4.81. The van der Waals surface area contributed by atoms with Crippen LogP contribution in [-0.4, -0.2) is 26.3 Å². The molecule has 0 aliphatic heterocycles. The summed E-state index contributed by atoms with van der Waals surface area (Å²) in [5, 5.41) is 2.70. The first-order valence-corrected chi connectivity index (χ1v) is 9.16. The number of nitrogens with two attached hydrogens (primary N) is 1. The minimum Gasteiger partial charge on any atom is -0.399 e. The number of alkyl halides is 3. The number of hydrogen-bond donors (Lipinski definition) is 2. The Morgan fingerprint density at radius 2 is 1.70 bits per heavy atom. The Bertz CT molecular complexity index is 914. The van der Waals surface area contributed by atoms with Crippen LogP contribution < -0.4 is 11.1 Å². The second-order valence-electron chi connectivity index (χ2n) is 5.82. The van der Waals surface area contributed by atoms with Crippen LogP contribution in [0, 0.1) is 6.92 Å². The summed E-state index contributed by atoms with van der Waals surface area (Å²) in [6, 6.07) is 9.78. The summed E-state index contributed by atoms with van der Waals surface area (Å²) in [7, 11) is -4.46. The number of rotatable bonds is 5. The minimum absolute atomic E-state index is 0. The van der Waals surface area contributed by atoms with E-state index in [0.717, 1.165) is 17.7 Å². The number of nitrogens with one attached hydrogen (secondary N) is 1. The van der Waals surface area contributed by atoms with Gasteiger partial charge in [-0.3, -0.25) is 4.79 Å². The van der Waals surface area contributed by atoms with Gasteiger partial charge in [0.15, 0.2) is 15.6 Å². The summed E-state index contributed by atoms with van der Waals surface area (Å²) >= 11 is 0. The molecule has 5 nitrogen and oxygen atoms in total. The van der Waals surface area contributed by atoms with Crippen LogP contribution in [0.5, 0.6) is 0 Å². The van der Waals surface area contributed by atoms with E-state index in [1.807, 2.05) is 0 Å². The Morgan fingerprint density at radius 1 is 1.11 bits per heavy atom. The van der Waals surface area contributed by atoms with Crippen molar-refractivity contribution in [3.8, 4) is 0 Å². The van der Waals surface area contributed by atoms with Crippen molar-refractivity contribution in [2.45, 2.75) is 24.4 Å². The maximum atomic E-state index is 12.3. The molecular formula is C17H18ClF3N2O3S. The Kier molecular flexibility index (Phi) is 7.27. The zero-order valence-electron chi connectivity index (χ0n) is 14.2. The molecule has 27 heavy (non-hydrogen) atoms. The van der Waals surface area contributed by atoms with E-state index in [0.29, 0.717) is 16.9 Å². The zero-order valence-corrected chi connectivity index (χ0v) is 15.8. The van der Waals surface area contributed by atoms with Crippen molar-refractivity contribution < 1.29 is 26.4 Å². The number of nitrogen functional groups attached to an aromatic ring is 1. The number of aryl methyl sites for hydroxylation is 1. The first-order valence-electron chi connectivity index (χ1n) is 7.51. The highest BCUT2D eigenvalue weighted by molar-refractivity contribution is 7.91. The van der Waals surface area contributed by atoms with Crippen molar-refractivity contribution in [1.82, 2.24) is 0 Å². The van der Waals surface area contributed by atoms with Crippen LogP contribution in [-0.2, 0) is 21.1 Å². The van der Waals surface area contributed by atoms with Crippen molar-refractivity contribution in [2.24, 2.45) is 0 Å². The van der Waals surface area contributed by atoms with Crippen molar-refractivity contribution in [3.05, 3.63) is 53.6 Å². The average molecular weight is 423 g/mol. The van der Waals surface area contributed by atoms with Crippen LogP contribution in [0.25, 0.3) is 0 Å². The largest absolute Gasteiger partial charge is 0.403 e. The lowest BCUT2D eigenvalue weighted by molar-refractivity contribution is -0.115. The van der Waals surface area contributed by atoms with Crippen molar-refractivity contribution in [3.63, 3.8) is 0 Å². The first kappa shape index (κ1) is 22.8. The number of hydrogen-bond acceptors (Lipinski definition) is 4. The first-order chi connectivity index (χ1) is 12.0. The molecule has 148 valence electrons. The van der Waals surface area contributed by atoms with Crippen LogP contribution >= 0.6 is 12.4 Å². The topological polar surface area (TPSA) is 89.3 Å². The predicted molar refractivity (Wildman–Crippen MR) is 99.7 cm³/mol. The lowest BCUT2D eigenvalue weighted by Crippen LogP contribution is -2.23. The van der Waals surface area contributed by atoms with Gasteiger partial charge in [-0.15, -0.1) is 12.4 Å². The fourth-order valence-corrected chi connectivity index (χ4v) is 3.47. The molecule has 3 N–H and O–H groups in total. The SMILES string of the molecule is Cc1cc(N)ccc1NC(=O)Cc1ccc(S(=O)(=O)CC(F)(F)F)cc1.Cl. The van der Waals surface area contributed by atoms with Gasteiger partial charge >= 0.3 is 6.18 Å². The number of sulfone groups is 1. The molecule has 0 radical (unpaired) electrons. The quantitative estimate of drug-likeness (QED) is 0.721. The molecule has 0 saturated heterocycles. The van der Waals surface area contributed by atoms with Gasteiger partial charge in [-0.25, -0.2) is 8.42 Å². The van der Waals surface area contributed by atoms with Gasteiger partial charge in [0, 0.05) is 11.4 Å². The molecule has 0 bridgehead atoms. The maximum Gasteiger partial charge on any atom is 0.403 e. The molecule has 0 heterocycles. The number of carbonyl (C=O) groups excluding carboxylic acids is 1. The van der Waals surface area contributed by atoms with Crippen molar-refractivity contribution >= 4 is 39.5 Å². The Hall–Kier alpha value is -2.26. The van der Waals surface area contributed by atoms with Gasteiger partial charge in [-0.2, -0.15) is 13.2 Å². The smallest absolute Gasteiger partial charge is 0.399 e. The van der Waals surface area contributed by atoms with E-state index in [1.165, 1.54) is 12.1 Å². The van der Waals surface area contributed by atoms with Gasteiger partial charge in [-0.1, -0.05) is 12.1 Å². The lowest BCUT2D eigenvalue weighted by Gasteiger charge is -2.10. The van der Waals surface area contributed by atoms with Gasteiger partial charge in [0.1, 0.15) is 0 Å². The number of amides is 1. The van der Waals surface area contributed by atoms with Gasteiger partial charge in [0.25, 0.3) is 0 Å². The third kappa shape index (κ3) is 6.76. The summed E-state index contributed by atoms with van der Waals surface area (Å²) in [5.74, 6) is -2.26. The molecule has 0 unspecified atom stereocenters. The molecule has 0 atom stereocenters. The number of anilines is 2. The summed E-state index contributed by atoms with van der Waals surface area (Å²) in [4.78, 5) is 11.6. The van der Waals surface area contributed by atoms with Gasteiger partial charge < -0.3 is 11.1 Å². The molecule has 0 saturated carbocycles. The predicted octanol–water partition coefficient (Wildman–Crippen LogP) is 3.52. The van der Waals surface area contributed by atoms with Gasteiger partial charge in [0.05, 0.1) is 11.3 Å². The Labute approximate surface area is 161 Å². The highest BCUT2D eigenvalue weighted by Crippen LogP contribution is 2.23. The van der Waals surface area contributed by atoms with Crippen LogP contribution in [0.2, 0.25) is 0 Å². The fraction of sp³-hybridized carbons (Fsp3) is 0.235. The Morgan fingerprint density at radius 3 is 2.22 bits per heavy atom. The van der Waals surface area contributed by atoms with Crippen LogP contribution in [0.3, 0.4) is 0 Å². The van der Waals surface area contributed by atoms with Crippen LogP contribution in [0.1, 0.15) is 11.1 Å². The summed E-state index contributed by atoms with van der Waals surface area (Å²) in [6.07, 6.45) is -4.86.